The Kier molecular flexibility index (Phi) is 6.25. The van der Waals surface area contributed by atoms with Gasteiger partial charge < -0.3 is 5.73 Å². The predicted molar refractivity (Wildman–Crippen MR) is 62.0 cm³/mol. The zero-order chi connectivity index (χ0) is 15.2. The van der Waals surface area contributed by atoms with E-state index in [-0.39, 0.29) is 0 Å². The zero-order valence-electron chi connectivity index (χ0n) is 10.9. The summed E-state index contributed by atoms with van der Waals surface area (Å²) in [7, 11) is 0. The summed E-state index contributed by atoms with van der Waals surface area (Å²) in [4.78, 5) is 28.7. The summed E-state index contributed by atoms with van der Waals surface area (Å²) in [5.74, 6) is -3.11. The molecular formula is C12H18F3NO4. The van der Waals surface area contributed by atoms with Crippen LogP contribution in [0, 0.1) is 5.92 Å². The van der Waals surface area contributed by atoms with Crippen LogP contribution in [0.25, 0.3) is 0 Å². The van der Waals surface area contributed by atoms with Crippen LogP contribution < -0.4 is 5.73 Å². The summed E-state index contributed by atoms with van der Waals surface area (Å²) in [6.45, 7) is 0. The van der Waals surface area contributed by atoms with Crippen LogP contribution in [0.4, 0.5) is 13.2 Å². The third kappa shape index (κ3) is 5.77. The number of rotatable bonds is 5. The lowest BCUT2D eigenvalue weighted by Crippen LogP contribution is -2.35. The van der Waals surface area contributed by atoms with E-state index in [2.05, 4.69) is 9.78 Å². The molecule has 0 spiro atoms. The van der Waals surface area contributed by atoms with Crippen molar-refractivity contribution in [3.8, 4) is 0 Å². The van der Waals surface area contributed by atoms with Crippen LogP contribution >= 0.6 is 0 Å². The minimum atomic E-state index is -5.20. The summed E-state index contributed by atoms with van der Waals surface area (Å²) < 4.78 is 35.3. The Hall–Kier alpha value is -1.31. The minimum Gasteiger partial charge on any atom is -0.318 e. The summed E-state index contributed by atoms with van der Waals surface area (Å²) >= 11 is 0. The van der Waals surface area contributed by atoms with Gasteiger partial charge in [-0.05, 0) is 12.3 Å². The molecule has 0 aliphatic heterocycles. The molecule has 20 heavy (non-hydrogen) atoms. The van der Waals surface area contributed by atoms with Crippen molar-refractivity contribution in [2.24, 2.45) is 11.7 Å². The van der Waals surface area contributed by atoms with Crippen LogP contribution in [0.2, 0.25) is 0 Å². The Morgan fingerprint density at radius 1 is 1.20 bits per heavy atom. The zero-order valence-corrected chi connectivity index (χ0v) is 10.9. The van der Waals surface area contributed by atoms with Crippen molar-refractivity contribution in [1.82, 2.24) is 0 Å². The number of hydrogen-bond donors (Lipinski definition) is 1. The molecule has 1 fully saturated rings. The van der Waals surface area contributed by atoms with Crippen molar-refractivity contribution in [2.75, 3.05) is 0 Å². The first-order chi connectivity index (χ1) is 9.30. The van der Waals surface area contributed by atoms with Gasteiger partial charge in [0.1, 0.15) is 6.04 Å². The molecule has 0 amide bonds. The fourth-order valence-electron chi connectivity index (χ4n) is 2.23. The molecular weight excluding hydrogens is 279 g/mol. The lowest BCUT2D eigenvalue weighted by atomic mass is 9.99. The van der Waals surface area contributed by atoms with Gasteiger partial charge in [0.15, 0.2) is 0 Å². The molecule has 1 atom stereocenters. The summed E-state index contributed by atoms with van der Waals surface area (Å²) in [6.07, 6.45) is 1.48. The second-order valence-electron chi connectivity index (χ2n) is 4.96. The first-order valence-corrected chi connectivity index (χ1v) is 6.56. The minimum absolute atomic E-state index is 0.291. The largest absolute Gasteiger partial charge is 0.495 e. The molecule has 1 aliphatic carbocycles. The van der Waals surface area contributed by atoms with Gasteiger partial charge in [0, 0.05) is 0 Å². The van der Waals surface area contributed by atoms with E-state index in [9.17, 15) is 22.8 Å². The highest BCUT2D eigenvalue weighted by atomic mass is 19.4. The van der Waals surface area contributed by atoms with E-state index in [1.54, 1.807) is 0 Å². The first-order valence-electron chi connectivity index (χ1n) is 6.56. The Morgan fingerprint density at radius 2 is 1.80 bits per heavy atom. The highest BCUT2D eigenvalue weighted by Crippen LogP contribution is 2.29. The van der Waals surface area contributed by atoms with Crippen molar-refractivity contribution in [3.63, 3.8) is 0 Å². The van der Waals surface area contributed by atoms with E-state index in [1.807, 2.05) is 0 Å². The van der Waals surface area contributed by atoms with Gasteiger partial charge in [-0.2, -0.15) is 13.2 Å². The molecule has 116 valence electrons. The predicted octanol–water partition coefficient (Wildman–Crippen LogP) is 2.24. The van der Waals surface area contributed by atoms with Gasteiger partial charge in [-0.15, -0.1) is 0 Å². The summed E-state index contributed by atoms with van der Waals surface area (Å²) in [5, 5.41) is 0. The van der Waals surface area contributed by atoms with Crippen LogP contribution in [0.1, 0.15) is 44.9 Å². The van der Waals surface area contributed by atoms with Crippen molar-refractivity contribution in [2.45, 2.75) is 57.2 Å². The second kappa shape index (κ2) is 7.47. The Balaban J connectivity index is 2.16. The third-order valence-electron chi connectivity index (χ3n) is 3.34. The van der Waals surface area contributed by atoms with Crippen LogP contribution in [0.3, 0.4) is 0 Å². The van der Waals surface area contributed by atoms with E-state index in [0.717, 1.165) is 6.42 Å². The normalized spacial score (nSPS) is 17.8. The standard InChI is InChI=1S/C12H18F3NO4/c13-12(14,15)11(18)20-19-10(17)9(16)7-3-6-8-4-1-2-5-8/h8-9H,1-7,16H2. The Morgan fingerprint density at radius 3 is 2.35 bits per heavy atom. The molecule has 1 unspecified atom stereocenters. The molecule has 0 aromatic carbocycles. The number of carbonyl (C=O) groups is 2. The van der Waals surface area contributed by atoms with Gasteiger partial charge in [0.25, 0.3) is 0 Å². The molecule has 1 aliphatic rings. The molecule has 0 saturated heterocycles. The van der Waals surface area contributed by atoms with Crippen LogP contribution in [0.15, 0.2) is 0 Å². The first kappa shape index (κ1) is 16.7. The number of nitrogens with two attached hydrogens (primary N) is 1. The lowest BCUT2D eigenvalue weighted by Gasteiger charge is -2.12. The average Bonchev–Trinajstić information content (AvgIpc) is 2.87. The quantitative estimate of drug-likeness (QED) is 0.622. The fourth-order valence-corrected chi connectivity index (χ4v) is 2.23. The van der Waals surface area contributed by atoms with Crippen LogP contribution in [0.5, 0.6) is 0 Å². The van der Waals surface area contributed by atoms with Gasteiger partial charge in [-0.3, -0.25) is 0 Å². The Labute approximate surface area is 114 Å². The van der Waals surface area contributed by atoms with Crippen LogP contribution in [-0.2, 0) is 19.4 Å². The summed E-state index contributed by atoms with van der Waals surface area (Å²) in [5.41, 5.74) is 5.45. The van der Waals surface area contributed by atoms with Gasteiger partial charge in [0.2, 0.25) is 0 Å². The molecule has 0 bridgehead atoms. The van der Waals surface area contributed by atoms with E-state index < -0.39 is 24.2 Å². The van der Waals surface area contributed by atoms with Crippen molar-refractivity contribution >= 4 is 11.9 Å². The number of carbonyl (C=O) groups excluding carboxylic acids is 2. The molecule has 1 rings (SSSR count). The maximum absolute atomic E-state index is 11.8. The maximum Gasteiger partial charge on any atom is 0.495 e. The Bertz CT molecular complexity index is 340. The van der Waals surface area contributed by atoms with Crippen molar-refractivity contribution < 1.29 is 32.5 Å². The van der Waals surface area contributed by atoms with Crippen molar-refractivity contribution in [3.05, 3.63) is 0 Å². The number of hydrogen-bond acceptors (Lipinski definition) is 5. The molecule has 2 N–H and O–H groups in total. The molecule has 0 aromatic heterocycles. The molecule has 0 heterocycles. The molecule has 8 heteroatoms. The lowest BCUT2D eigenvalue weighted by molar-refractivity contribution is -0.286. The van der Waals surface area contributed by atoms with Gasteiger partial charge in [-0.25, -0.2) is 19.4 Å². The molecule has 0 aromatic rings. The van der Waals surface area contributed by atoms with Gasteiger partial charge in [0.05, 0.1) is 0 Å². The smallest absolute Gasteiger partial charge is 0.318 e. The SMILES string of the molecule is NC(CCCC1CCCC1)C(=O)OOC(=O)C(F)(F)F. The van der Waals surface area contributed by atoms with E-state index in [0.29, 0.717) is 18.8 Å². The average molecular weight is 297 g/mol. The third-order valence-corrected chi connectivity index (χ3v) is 3.34. The van der Waals surface area contributed by atoms with Gasteiger partial charge >= 0.3 is 18.1 Å². The van der Waals surface area contributed by atoms with E-state index >= 15 is 0 Å². The molecule has 5 nitrogen and oxygen atoms in total. The van der Waals surface area contributed by atoms with Crippen LogP contribution in [-0.4, -0.2) is 24.2 Å². The fraction of sp³-hybridized carbons (Fsp3) is 0.833. The highest BCUT2D eigenvalue weighted by Gasteiger charge is 2.43. The topological polar surface area (TPSA) is 78.6 Å². The maximum atomic E-state index is 11.8. The van der Waals surface area contributed by atoms with Gasteiger partial charge in [-0.1, -0.05) is 38.5 Å². The summed E-state index contributed by atoms with van der Waals surface area (Å²) in [6, 6.07) is -1.09. The van der Waals surface area contributed by atoms with E-state index in [4.69, 9.17) is 5.73 Å². The molecule has 0 radical (unpaired) electrons. The number of alkyl halides is 3. The monoisotopic (exact) mass is 297 g/mol. The second-order valence-corrected chi connectivity index (χ2v) is 4.96. The van der Waals surface area contributed by atoms with E-state index in [1.165, 1.54) is 25.7 Å². The van der Waals surface area contributed by atoms with Crippen molar-refractivity contribution in [1.29, 1.82) is 0 Å². The number of halogens is 3. The molecule has 1 saturated carbocycles. The highest BCUT2D eigenvalue weighted by molar-refractivity contribution is 5.78.